The number of carboxylic acids is 1. The van der Waals surface area contributed by atoms with Crippen LogP contribution in [0.25, 0.3) is 0 Å². The van der Waals surface area contributed by atoms with Crippen molar-refractivity contribution >= 4 is 5.97 Å². The van der Waals surface area contributed by atoms with Crippen molar-refractivity contribution in [3.05, 3.63) is 11.6 Å². The van der Waals surface area contributed by atoms with Crippen molar-refractivity contribution < 1.29 is 25.2 Å². The molecule has 26 heavy (non-hydrogen) atoms. The van der Waals surface area contributed by atoms with Crippen molar-refractivity contribution in [1.29, 1.82) is 0 Å². The highest BCUT2D eigenvalue weighted by molar-refractivity contribution is 5.80. The van der Waals surface area contributed by atoms with Gasteiger partial charge in [-0.2, -0.15) is 0 Å². The SMILES string of the molecule is C.C[C@]12CC3C(O)CC1=CC[C@@H]1[C@H]2C(O)C[C@@]2(C)[C@H]1CC3C2(O)C(=O)O. The molecule has 6 bridgehead atoms. The zero-order valence-electron chi connectivity index (χ0n) is 14.9. The Bertz CT molecular complexity index is 688. The maximum absolute atomic E-state index is 12.3. The van der Waals surface area contributed by atoms with Crippen molar-refractivity contribution in [2.45, 2.75) is 71.2 Å². The van der Waals surface area contributed by atoms with Gasteiger partial charge in [0.15, 0.2) is 5.60 Å². The molecular weight excluding hydrogens is 332 g/mol. The second-order valence-corrected chi connectivity index (χ2v) is 9.92. The molecule has 0 aromatic heterocycles. The Kier molecular flexibility index (Phi) is 3.63. The number of hydrogen-bond donors (Lipinski definition) is 4. The van der Waals surface area contributed by atoms with E-state index in [1.165, 1.54) is 5.57 Å². The van der Waals surface area contributed by atoms with Gasteiger partial charge in [0.1, 0.15) is 0 Å². The number of aliphatic hydroxyl groups is 3. The summed E-state index contributed by atoms with van der Waals surface area (Å²) in [5, 5.41) is 43.6. The summed E-state index contributed by atoms with van der Waals surface area (Å²) >= 11 is 0. The molecule has 4 fully saturated rings. The summed E-state index contributed by atoms with van der Waals surface area (Å²) in [5.41, 5.74) is -1.67. The first-order chi connectivity index (χ1) is 11.6. The van der Waals surface area contributed by atoms with E-state index in [0.717, 1.165) is 6.42 Å². The van der Waals surface area contributed by atoms with E-state index in [4.69, 9.17) is 0 Å². The number of rotatable bonds is 1. The van der Waals surface area contributed by atoms with Crippen LogP contribution in [-0.4, -0.2) is 44.2 Å². The van der Waals surface area contributed by atoms with Gasteiger partial charge < -0.3 is 20.4 Å². The van der Waals surface area contributed by atoms with Crippen LogP contribution in [-0.2, 0) is 4.79 Å². The first-order valence-electron chi connectivity index (χ1n) is 9.66. The van der Waals surface area contributed by atoms with Gasteiger partial charge in [-0.25, -0.2) is 4.79 Å². The molecule has 5 nitrogen and oxygen atoms in total. The average molecular weight is 364 g/mol. The Morgan fingerprint density at radius 1 is 1.12 bits per heavy atom. The minimum Gasteiger partial charge on any atom is -0.479 e. The van der Waals surface area contributed by atoms with Gasteiger partial charge in [-0.1, -0.05) is 32.9 Å². The lowest BCUT2D eigenvalue weighted by Crippen LogP contribution is -2.61. The van der Waals surface area contributed by atoms with Crippen LogP contribution >= 0.6 is 0 Å². The zero-order valence-corrected chi connectivity index (χ0v) is 14.9. The fourth-order valence-corrected chi connectivity index (χ4v) is 8.28. The third-order valence-corrected chi connectivity index (χ3v) is 9.29. The van der Waals surface area contributed by atoms with Gasteiger partial charge in [-0.3, -0.25) is 0 Å². The van der Waals surface area contributed by atoms with Gasteiger partial charge in [0.05, 0.1) is 12.2 Å². The predicted octanol–water partition coefficient (Wildman–Crippen LogP) is 2.20. The van der Waals surface area contributed by atoms with Crippen LogP contribution in [0.2, 0.25) is 0 Å². The maximum Gasteiger partial charge on any atom is 0.336 e. The topological polar surface area (TPSA) is 98.0 Å². The van der Waals surface area contributed by atoms with Crippen molar-refractivity contribution in [3.8, 4) is 0 Å². The molecule has 146 valence electrons. The largest absolute Gasteiger partial charge is 0.479 e. The van der Waals surface area contributed by atoms with E-state index >= 15 is 0 Å². The molecule has 0 spiro atoms. The van der Waals surface area contributed by atoms with Gasteiger partial charge in [0.25, 0.3) is 0 Å². The summed E-state index contributed by atoms with van der Waals surface area (Å²) in [6, 6.07) is 0. The Morgan fingerprint density at radius 2 is 1.81 bits per heavy atom. The van der Waals surface area contributed by atoms with Gasteiger partial charge in [-0.05, 0) is 61.2 Å². The molecule has 0 aromatic carbocycles. The summed E-state index contributed by atoms with van der Waals surface area (Å²) in [7, 11) is 0. The fourth-order valence-electron chi connectivity index (χ4n) is 8.28. The van der Waals surface area contributed by atoms with E-state index in [2.05, 4.69) is 13.0 Å². The molecule has 5 aliphatic rings. The van der Waals surface area contributed by atoms with Crippen molar-refractivity contribution in [3.63, 3.8) is 0 Å². The lowest BCUT2D eigenvalue weighted by Gasteiger charge is -2.60. The average Bonchev–Trinajstić information content (AvgIpc) is 2.77. The highest BCUT2D eigenvalue weighted by Crippen LogP contribution is 2.73. The van der Waals surface area contributed by atoms with Crippen molar-refractivity contribution in [2.24, 2.45) is 40.4 Å². The fraction of sp³-hybridized carbons (Fsp3) is 0.857. The second-order valence-electron chi connectivity index (χ2n) is 9.92. The molecule has 10 atom stereocenters. The lowest BCUT2D eigenvalue weighted by atomic mass is 9.45. The molecular formula is C21H32O5. The van der Waals surface area contributed by atoms with E-state index in [1.54, 1.807) is 0 Å². The van der Waals surface area contributed by atoms with E-state index in [0.29, 0.717) is 25.7 Å². The lowest BCUT2D eigenvalue weighted by molar-refractivity contribution is -0.195. The van der Waals surface area contributed by atoms with Crippen LogP contribution < -0.4 is 0 Å². The summed E-state index contributed by atoms with van der Waals surface area (Å²) in [4.78, 5) is 12.3. The quantitative estimate of drug-likeness (QED) is 0.535. The maximum atomic E-state index is 12.3. The molecule has 0 aromatic rings. The number of hydrogen-bond acceptors (Lipinski definition) is 4. The molecule has 0 saturated heterocycles. The molecule has 0 aliphatic heterocycles. The monoisotopic (exact) mass is 364 g/mol. The van der Waals surface area contributed by atoms with E-state index < -0.39 is 35.1 Å². The normalized spacial score (nSPS) is 59.3. The first kappa shape index (κ1) is 18.5. The highest BCUT2D eigenvalue weighted by Gasteiger charge is 2.75. The van der Waals surface area contributed by atoms with Crippen molar-refractivity contribution in [2.75, 3.05) is 0 Å². The number of aliphatic carboxylic acids is 1. The molecule has 0 radical (unpaired) electrons. The predicted molar refractivity (Wildman–Crippen MR) is 96.2 cm³/mol. The smallest absolute Gasteiger partial charge is 0.336 e. The summed E-state index contributed by atoms with van der Waals surface area (Å²) < 4.78 is 0. The van der Waals surface area contributed by atoms with E-state index in [-0.39, 0.29) is 36.5 Å². The summed E-state index contributed by atoms with van der Waals surface area (Å²) in [5.74, 6) is -1.44. The van der Waals surface area contributed by atoms with E-state index in [9.17, 15) is 25.2 Å². The molecule has 0 amide bonds. The van der Waals surface area contributed by atoms with Gasteiger partial charge >= 0.3 is 5.97 Å². The summed E-state index contributed by atoms with van der Waals surface area (Å²) in [6.45, 7) is 4.07. The molecule has 5 heteroatoms. The number of allylic oxidation sites excluding steroid dienone is 1. The third-order valence-electron chi connectivity index (χ3n) is 9.29. The van der Waals surface area contributed by atoms with Gasteiger partial charge in [-0.15, -0.1) is 0 Å². The zero-order chi connectivity index (χ0) is 17.9. The minimum absolute atomic E-state index is 0. The second kappa shape index (κ2) is 5.12. The third kappa shape index (κ3) is 1.71. The number of aliphatic hydroxyl groups excluding tert-OH is 2. The van der Waals surface area contributed by atoms with Crippen LogP contribution in [0.1, 0.15) is 53.4 Å². The Balaban J connectivity index is 0.00000168. The molecule has 4 N–H and O–H groups in total. The summed E-state index contributed by atoms with van der Waals surface area (Å²) in [6.07, 6.45) is 4.07. The van der Waals surface area contributed by atoms with Crippen LogP contribution in [0.3, 0.4) is 0 Å². The molecule has 0 heterocycles. The molecule has 5 unspecified atom stereocenters. The van der Waals surface area contributed by atoms with Gasteiger partial charge in [0.2, 0.25) is 0 Å². The number of carbonyl (C=O) groups is 1. The first-order valence-corrected chi connectivity index (χ1v) is 9.66. The van der Waals surface area contributed by atoms with Crippen LogP contribution in [0.4, 0.5) is 0 Å². The Hall–Kier alpha value is -0.910. The highest BCUT2D eigenvalue weighted by atomic mass is 16.4. The number of fused-ring (bicyclic) bond motifs is 3. The van der Waals surface area contributed by atoms with Crippen LogP contribution in [0.5, 0.6) is 0 Å². The van der Waals surface area contributed by atoms with Crippen molar-refractivity contribution in [1.82, 2.24) is 0 Å². The van der Waals surface area contributed by atoms with Crippen LogP contribution in [0.15, 0.2) is 11.6 Å². The molecule has 5 aliphatic carbocycles. The number of carboxylic acid groups (broad SMARTS) is 1. The molecule has 4 saturated carbocycles. The minimum atomic E-state index is -1.87. The Labute approximate surface area is 155 Å². The van der Waals surface area contributed by atoms with Gasteiger partial charge in [0, 0.05) is 11.3 Å². The van der Waals surface area contributed by atoms with E-state index in [1.807, 2.05) is 6.92 Å². The molecule has 5 rings (SSSR count). The standard InChI is InChI=1S/C20H28O5.CH4/c1-18-7-11-13-6-12-10(4-3-9(18)5-14(11)21)16(18)15(22)8-19(12,2)20(13,25)17(23)24;/h3,10-16,21-22,25H,4-8H2,1-2H3,(H,23,24);1H4/t10-,11?,12-,13?,14?,15?,16-,18-,19-,20?;/m0./s1. The van der Waals surface area contributed by atoms with Crippen LogP contribution in [0, 0.1) is 40.4 Å². The Morgan fingerprint density at radius 3 is 2.46 bits per heavy atom.